The van der Waals surface area contributed by atoms with Crippen LogP contribution in [0.3, 0.4) is 0 Å². The van der Waals surface area contributed by atoms with Crippen LogP contribution in [0.4, 0.5) is 0 Å². The Hall–Kier alpha value is -1.72. The van der Waals surface area contributed by atoms with E-state index in [4.69, 9.17) is 16.3 Å². The van der Waals surface area contributed by atoms with Gasteiger partial charge in [-0.15, -0.1) is 0 Å². The van der Waals surface area contributed by atoms with E-state index >= 15 is 0 Å². The molecule has 0 amide bonds. The summed E-state index contributed by atoms with van der Waals surface area (Å²) in [7, 11) is 0. The van der Waals surface area contributed by atoms with E-state index in [1.807, 2.05) is 51.1 Å². The average Bonchev–Trinajstić information content (AvgIpc) is 2.64. The minimum absolute atomic E-state index is 0.0832. The van der Waals surface area contributed by atoms with Crippen molar-refractivity contribution in [3.63, 3.8) is 0 Å². The van der Waals surface area contributed by atoms with Crippen LogP contribution in [0.1, 0.15) is 36.7 Å². The molecule has 27 heavy (non-hydrogen) atoms. The van der Waals surface area contributed by atoms with Gasteiger partial charge in [-0.05, 0) is 38.5 Å². The highest BCUT2D eigenvalue weighted by molar-refractivity contribution is 6.30. The topological polar surface area (TPSA) is 58.6 Å². The van der Waals surface area contributed by atoms with Crippen LogP contribution in [0.25, 0.3) is 0 Å². The van der Waals surface area contributed by atoms with E-state index in [1.165, 1.54) is 0 Å². The predicted molar refractivity (Wildman–Crippen MR) is 109 cm³/mol. The lowest BCUT2D eigenvalue weighted by Gasteiger charge is -2.24. The molecule has 0 aliphatic carbocycles. The summed E-state index contributed by atoms with van der Waals surface area (Å²) in [5.74, 6) is -0.0958. The van der Waals surface area contributed by atoms with Crippen molar-refractivity contribution < 1.29 is 14.6 Å². The number of carbonyl (C=O) groups is 1. The van der Waals surface area contributed by atoms with E-state index in [-0.39, 0.29) is 17.9 Å². The summed E-state index contributed by atoms with van der Waals surface area (Å²) in [6.45, 7) is 6.57. The van der Waals surface area contributed by atoms with Crippen molar-refractivity contribution in [1.29, 1.82) is 0 Å². The Morgan fingerprint density at radius 1 is 1.11 bits per heavy atom. The van der Waals surface area contributed by atoms with Crippen LogP contribution in [-0.2, 0) is 11.2 Å². The normalized spacial score (nSPS) is 14.0. The van der Waals surface area contributed by atoms with E-state index in [2.05, 4.69) is 5.32 Å². The van der Waals surface area contributed by atoms with Gasteiger partial charge in [-0.25, -0.2) is 0 Å². The predicted octanol–water partition coefficient (Wildman–Crippen LogP) is 3.90. The molecule has 0 aliphatic rings. The summed E-state index contributed by atoms with van der Waals surface area (Å²) in [5.41, 5.74) is 1.46. The molecule has 0 radical (unpaired) electrons. The first-order valence-electron chi connectivity index (χ1n) is 9.13. The van der Waals surface area contributed by atoms with Gasteiger partial charge in [0.1, 0.15) is 6.10 Å². The number of carbonyl (C=O) groups excluding carboxylic acids is 1. The summed E-state index contributed by atoms with van der Waals surface area (Å²) in [4.78, 5) is 12.9. The zero-order valence-corrected chi connectivity index (χ0v) is 16.9. The Morgan fingerprint density at radius 2 is 1.74 bits per heavy atom. The number of nitrogens with one attached hydrogen (secondary N) is 1. The molecule has 2 rings (SSSR count). The number of ketones is 1. The first kappa shape index (κ1) is 21.6. The SMILES string of the molecule is CC(C)(C)NCC(O)COC(Cc1ccc(Cl)cc1)C(=O)c1ccccc1. The summed E-state index contributed by atoms with van der Waals surface area (Å²) < 4.78 is 5.85. The molecule has 5 heteroatoms. The van der Waals surface area contributed by atoms with E-state index in [0.29, 0.717) is 23.6 Å². The fourth-order valence-corrected chi connectivity index (χ4v) is 2.69. The van der Waals surface area contributed by atoms with Crippen LogP contribution in [0, 0.1) is 0 Å². The standard InChI is InChI=1S/C22H28ClNO3/c1-22(2,3)24-14-19(25)15-27-20(13-16-9-11-18(23)12-10-16)21(26)17-7-5-4-6-8-17/h4-12,19-20,24-25H,13-15H2,1-3H3. The number of ether oxygens (including phenoxy) is 1. The van der Waals surface area contributed by atoms with Gasteiger partial charge in [0, 0.05) is 29.1 Å². The fraction of sp³-hybridized carbons (Fsp3) is 0.409. The highest BCUT2D eigenvalue weighted by Gasteiger charge is 2.23. The van der Waals surface area contributed by atoms with E-state index < -0.39 is 12.2 Å². The number of hydrogen-bond acceptors (Lipinski definition) is 4. The van der Waals surface area contributed by atoms with Crippen molar-refractivity contribution >= 4 is 17.4 Å². The maximum Gasteiger partial charge on any atom is 0.191 e. The zero-order chi connectivity index (χ0) is 19.9. The van der Waals surface area contributed by atoms with Gasteiger partial charge in [0.05, 0.1) is 12.7 Å². The van der Waals surface area contributed by atoms with Gasteiger partial charge in [-0.2, -0.15) is 0 Å². The van der Waals surface area contributed by atoms with Gasteiger partial charge in [-0.1, -0.05) is 54.1 Å². The average molecular weight is 390 g/mol. The third-order valence-electron chi connectivity index (χ3n) is 4.04. The van der Waals surface area contributed by atoms with Crippen molar-refractivity contribution in [2.75, 3.05) is 13.2 Å². The van der Waals surface area contributed by atoms with Crippen LogP contribution in [0.5, 0.6) is 0 Å². The molecule has 0 aliphatic heterocycles. The zero-order valence-electron chi connectivity index (χ0n) is 16.1. The molecule has 146 valence electrons. The number of benzene rings is 2. The van der Waals surface area contributed by atoms with Gasteiger partial charge in [-0.3, -0.25) is 4.79 Å². The highest BCUT2D eigenvalue weighted by atomic mass is 35.5. The molecule has 2 N–H and O–H groups in total. The molecule has 2 unspecified atom stereocenters. The minimum Gasteiger partial charge on any atom is -0.389 e. The molecule has 0 fully saturated rings. The van der Waals surface area contributed by atoms with Gasteiger partial charge in [0.25, 0.3) is 0 Å². The maximum absolute atomic E-state index is 12.9. The van der Waals surface area contributed by atoms with Crippen molar-refractivity contribution in [2.24, 2.45) is 0 Å². The van der Waals surface area contributed by atoms with E-state index in [0.717, 1.165) is 5.56 Å². The third kappa shape index (κ3) is 7.81. The lowest BCUT2D eigenvalue weighted by atomic mass is 10.00. The smallest absolute Gasteiger partial charge is 0.191 e. The molecule has 0 aromatic heterocycles. The third-order valence-corrected chi connectivity index (χ3v) is 4.29. The summed E-state index contributed by atoms with van der Waals surface area (Å²) >= 11 is 5.94. The summed E-state index contributed by atoms with van der Waals surface area (Å²) in [6.07, 6.45) is -0.942. The molecular weight excluding hydrogens is 362 g/mol. The lowest BCUT2D eigenvalue weighted by Crippen LogP contribution is -2.43. The van der Waals surface area contributed by atoms with Crippen LogP contribution in [0.2, 0.25) is 5.02 Å². The van der Waals surface area contributed by atoms with Crippen molar-refractivity contribution in [3.8, 4) is 0 Å². The first-order valence-corrected chi connectivity index (χ1v) is 9.51. The molecule has 2 aromatic carbocycles. The van der Waals surface area contributed by atoms with Crippen LogP contribution < -0.4 is 5.32 Å². The molecule has 0 spiro atoms. The van der Waals surface area contributed by atoms with Crippen LogP contribution in [0.15, 0.2) is 54.6 Å². The minimum atomic E-state index is -0.694. The lowest BCUT2D eigenvalue weighted by molar-refractivity contribution is -0.00326. The second-order valence-electron chi connectivity index (χ2n) is 7.67. The number of aliphatic hydroxyl groups is 1. The van der Waals surface area contributed by atoms with Gasteiger partial charge < -0.3 is 15.2 Å². The monoisotopic (exact) mass is 389 g/mol. The molecule has 2 atom stereocenters. The number of rotatable bonds is 9. The number of halogens is 1. The van der Waals surface area contributed by atoms with E-state index in [1.54, 1.807) is 24.3 Å². The largest absolute Gasteiger partial charge is 0.389 e. The summed E-state index contributed by atoms with van der Waals surface area (Å²) in [6, 6.07) is 16.4. The van der Waals surface area contributed by atoms with Crippen LogP contribution >= 0.6 is 11.6 Å². The quantitative estimate of drug-likeness (QED) is 0.638. The van der Waals surface area contributed by atoms with Crippen molar-refractivity contribution in [2.45, 2.75) is 44.9 Å². The second kappa shape index (κ2) is 10.00. The number of β-amino-alcohol motifs (C(OH)–C–C–N with tert-alkyl or cyclic N) is 1. The molecule has 0 bridgehead atoms. The van der Waals surface area contributed by atoms with Gasteiger partial charge in [0.15, 0.2) is 5.78 Å². The van der Waals surface area contributed by atoms with E-state index in [9.17, 15) is 9.90 Å². The highest BCUT2D eigenvalue weighted by Crippen LogP contribution is 2.15. The second-order valence-corrected chi connectivity index (χ2v) is 8.10. The first-order chi connectivity index (χ1) is 12.7. The molecule has 0 heterocycles. The van der Waals surface area contributed by atoms with Gasteiger partial charge in [0.2, 0.25) is 0 Å². The maximum atomic E-state index is 12.9. The Bertz CT molecular complexity index is 711. The Morgan fingerprint density at radius 3 is 2.33 bits per heavy atom. The molecule has 2 aromatic rings. The molecular formula is C22H28ClNO3. The molecule has 0 saturated carbocycles. The van der Waals surface area contributed by atoms with Crippen LogP contribution in [-0.4, -0.2) is 41.8 Å². The van der Waals surface area contributed by atoms with Gasteiger partial charge >= 0.3 is 0 Å². The summed E-state index contributed by atoms with van der Waals surface area (Å²) in [5, 5.41) is 14.1. The number of hydrogen-bond donors (Lipinski definition) is 2. The fourth-order valence-electron chi connectivity index (χ4n) is 2.56. The number of Topliss-reactive ketones (excluding diaryl/α,β-unsaturated/α-hetero) is 1. The molecule has 0 saturated heterocycles. The van der Waals surface area contributed by atoms with Crippen molar-refractivity contribution in [1.82, 2.24) is 5.32 Å². The Balaban J connectivity index is 2.05. The Kier molecular flexibility index (Phi) is 7.99. The van der Waals surface area contributed by atoms with Crippen molar-refractivity contribution in [3.05, 3.63) is 70.7 Å². The Labute approximate surface area is 166 Å². The molecule has 4 nitrogen and oxygen atoms in total. The number of aliphatic hydroxyl groups excluding tert-OH is 1.